The minimum Gasteiger partial charge on any atom is -0.349 e. The summed E-state index contributed by atoms with van der Waals surface area (Å²) in [5, 5.41) is 0. The lowest BCUT2D eigenvalue weighted by Gasteiger charge is -2.41. The van der Waals surface area contributed by atoms with Gasteiger partial charge in [-0.05, 0) is 48.4 Å². The molecule has 11 heteroatoms. The number of ether oxygens (including phenoxy) is 2. The number of rotatable bonds is 6. The summed E-state index contributed by atoms with van der Waals surface area (Å²) in [6.45, 7) is 1.71. The van der Waals surface area contributed by atoms with Crippen molar-refractivity contribution in [1.82, 2.24) is 4.90 Å². The molecule has 0 N–H and O–H groups in total. The number of hydrogen-bond acceptors (Lipinski definition) is 4. The van der Waals surface area contributed by atoms with Gasteiger partial charge in [-0.3, -0.25) is 4.90 Å². The third kappa shape index (κ3) is 6.10. The minimum absolute atomic E-state index is 0.0264. The van der Waals surface area contributed by atoms with Gasteiger partial charge in [-0.25, -0.2) is 4.39 Å². The Kier molecular flexibility index (Phi) is 7.45. The maximum Gasteiger partial charge on any atom is 0.416 e. The van der Waals surface area contributed by atoms with Crippen LogP contribution < -0.4 is 0 Å². The Morgan fingerprint density at radius 1 is 1.06 bits per heavy atom. The van der Waals surface area contributed by atoms with E-state index >= 15 is 0 Å². The highest BCUT2D eigenvalue weighted by Crippen LogP contribution is 2.39. The van der Waals surface area contributed by atoms with Crippen LogP contribution in [0.5, 0.6) is 0 Å². The van der Waals surface area contributed by atoms with Crippen molar-refractivity contribution in [2.75, 3.05) is 19.7 Å². The Morgan fingerprint density at radius 2 is 1.64 bits per heavy atom. The van der Waals surface area contributed by atoms with Crippen molar-refractivity contribution in [1.29, 1.82) is 0 Å². The van der Waals surface area contributed by atoms with Crippen molar-refractivity contribution >= 4 is 6.29 Å². The van der Waals surface area contributed by atoms with E-state index in [0.29, 0.717) is 30.5 Å². The smallest absolute Gasteiger partial charge is 0.349 e. The molecule has 0 aliphatic carbocycles. The summed E-state index contributed by atoms with van der Waals surface area (Å²) in [4.78, 5) is 12.8. The summed E-state index contributed by atoms with van der Waals surface area (Å²) in [7, 11) is 0. The van der Waals surface area contributed by atoms with Crippen LogP contribution in [0.25, 0.3) is 0 Å². The van der Waals surface area contributed by atoms with Gasteiger partial charge in [-0.15, -0.1) is 0 Å². The Balaban J connectivity index is 1.94. The number of carbonyl (C=O) groups excluding carboxylic acids is 1. The highest BCUT2D eigenvalue weighted by atomic mass is 19.4. The first-order valence-corrected chi connectivity index (χ1v) is 9.89. The molecule has 2 aromatic carbocycles. The van der Waals surface area contributed by atoms with Gasteiger partial charge in [0.05, 0.1) is 36.4 Å². The molecule has 1 heterocycles. The number of halogens is 7. The van der Waals surface area contributed by atoms with Gasteiger partial charge in [0, 0.05) is 6.54 Å². The summed E-state index contributed by atoms with van der Waals surface area (Å²) >= 11 is 0. The summed E-state index contributed by atoms with van der Waals surface area (Å²) in [6.07, 6.45) is -11.7. The SMILES string of the molecule is C[C@@H](OC1OCCN(CC=O)C1c1ccc(F)cc1)c1cc(C(F)(F)F)cc(C(F)(F)F)c1. The molecule has 2 aromatic rings. The molecule has 4 nitrogen and oxygen atoms in total. The molecule has 3 atom stereocenters. The van der Waals surface area contributed by atoms with Crippen LogP contribution in [0.4, 0.5) is 30.7 Å². The van der Waals surface area contributed by atoms with E-state index in [1.165, 1.54) is 31.2 Å². The van der Waals surface area contributed by atoms with Crippen molar-refractivity contribution in [3.8, 4) is 0 Å². The molecule has 180 valence electrons. The van der Waals surface area contributed by atoms with Crippen LogP contribution >= 0.6 is 0 Å². The molecular weight excluding hydrogens is 459 g/mol. The Bertz CT molecular complexity index is 928. The summed E-state index contributed by atoms with van der Waals surface area (Å²) in [6, 6.07) is 5.76. The summed E-state index contributed by atoms with van der Waals surface area (Å²) < 4.78 is 104. The third-order valence-corrected chi connectivity index (χ3v) is 5.25. The molecule has 0 spiro atoms. The number of hydrogen-bond donors (Lipinski definition) is 0. The van der Waals surface area contributed by atoms with Crippen molar-refractivity contribution in [2.45, 2.75) is 37.7 Å². The van der Waals surface area contributed by atoms with Gasteiger partial charge in [0.1, 0.15) is 12.1 Å². The molecule has 0 radical (unpaired) electrons. The minimum atomic E-state index is -4.99. The average Bonchev–Trinajstić information content (AvgIpc) is 2.73. The van der Waals surface area contributed by atoms with Gasteiger partial charge < -0.3 is 14.3 Å². The lowest BCUT2D eigenvalue weighted by molar-refractivity contribution is -0.228. The highest BCUT2D eigenvalue weighted by molar-refractivity contribution is 5.52. The first-order valence-electron chi connectivity index (χ1n) is 9.89. The van der Waals surface area contributed by atoms with Crippen LogP contribution in [0, 0.1) is 5.82 Å². The summed E-state index contributed by atoms with van der Waals surface area (Å²) in [5.74, 6) is -0.508. The van der Waals surface area contributed by atoms with Crippen molar-refractivity contribution in [3.63, 3.8) is 0 Å². The molecule has 0 saturated carbocycles. The maximum absolute atomic E-state index is 13.4. The van der Waals surface area contributed by atoms with Gasteiger partial charge >= 0.3 is 12.4 Å². The molecule has 2 unspecified atom stereocenters. The fourth-order valence-corrected chi connectivity index (χ4v) is 3.62. The Morgan fingerprint density at radius 3 is 2.15 bits per heavy atom. The van der Waals surface area contributed by atoms with Crippen LogP contribution in [0.15, 0.2) is 42.5 Å². The highest BCUT2D eigenvalue weighted by Gasteiger charge is 2.39. The van der Waals surface area contributed by atoms with E-state index in [0.717, 1.165) is 0 Å². The van der Waals surface area contributed by atoms with Gasteiger partial charge in [-0.1, -0.05) is 12.1 Å². The molecule has 1 aliphatic rings. The largest absolute Gasteiger partial charge is 0.416 e. The Hall–Kier alpha value is -2.50. The van der Waals surface area contributed by atoms with Crippen LogP contribution in [0.2, 0.25) is 0 Å². The number of alkyl halides is 6. The predicted molar refractivity (Wildman–Crippen MR) is 102 cm³/mol. The molecular formula is C22H20F7NO3. The topological polar surface area (TPSA) is 38.8 Å². The fourth-order valence-electron chi connectivity index (χ4n) is 3.62. The molecule has 3 rings (SSSR count). The van der Waals surface area contributed by atoms with E-state index in [1.54, 1.807) is 4.90 Å². The standard InChI is InChI=1S/C22H20F7NO3/c1-13(15-10-16(21(24,25)26)12-17(11-15)22(27,28)29)33-20-19(14-2-4-18(23)5-3-14)30(6-8-31)7-9-32-20/h2-5,8,10-13,19-20H,6-7,9H2,1H3/t13-,19?,20?/m1/s1. The molecule has 33 heavy (non-hydrogen) atoms. The van der Waals surface area contributed by atoms with Gasteiger partial charge in [-0.2, -0.15) is 26.3 Å². The number of nitrogens with zero attached hydrogens (tertiary/aromatic N) is 1. The van der Waals surface area contributed by atoms with E-state index in [1.807, 2.05) is 0 Å². The van der Waals surface area contributed by atoms with Crippen LogP contribution in [0.3, 0.4) is 0 Å². The lowest BCUT2D eigenvalue weighted by atomic mass is 10.0. The second kappa shape index (κ2) is 9.78. The zero-order valence-corrected chi connectivity index (χ0v) is 17.3. The number of carbonyl (C=O) groups is 1. The monoisotopic (exact) mass is 479 g/mol. The molecule has 0 aromatic heterocycles. The molecule has 1 saturated heterocycles. The fraction of sp³-hybridized carbons (Fsp3) is 0.409. The zero-order chi connectivity index (χ0) is 24.4. The second-order valence-corrected chi connectivity index (χ2v) is 7.51. The normalized spacial score (nSPS) is 21.1. The molecule has 0 bridgehead atoms. The predicted octanol–water partition coefficient (Wildman–Crippen LogP) is 5.54. The van der Waals surface area contributed by atoms with E-state index in [9.17, 15) is 35.5 Å². The average molecular weight is 479 g/mol. The van der Waals surface area contributed by atoms with Crippen molar-refractivity contribution in [2.24, 2.45) is 0 Å². The van der Waals surface area contributed by atoms with Gasteiger partial charge in [0.2, 0.25) is 0 Å². The quantitative estimate of drug-likeness (QED) is 0.403. The van der Waals surface area contributed by atoms with E-state index < -0.39 is 47.7 Å². The molecule has 0 amide bonds. The van der Waals surface area contributed by atoms with Crippen LogP contribution in [-0.2, 0) is 26.6 Å². The number of morpholine rings is 1. The van der Waals surface area contributed by atoms with Gasteiger partial charge in [0.25, 0.3) is 0 Å². The van der Waals surface area contributed by atoms with E-state index in [2.05, 4.69) is 0 Å². The number of aldehydes is 1. The van der Waals surface area contributed by atoms with Crippen molar-refractivity contribution < 1.29 is 45.0 Å². The van der Waals surface area contributed by atoms with Crippen LogP contribution in [-0.4, -0.2) is 37.2 Å². The van der Waals surface area contributed by atoms with E-state index in [4.69, 9.17) is 9.47 Å². The third-order valence-electron chi connectivity index (χ3n) is 5.25. The Labute approximate surface area is 184 Å². The second-order valence-electron chi connectivity index (χ2n) is 7.51. The number of benzene rings is 2. The zero-order valence-electron chi connectivity index (χ0n) is 17.3. The van der Waals surface area contributed by atoms with E-state index in [-0.39, 0.29) is 24.8 Å². The van der Waals surface area contributed by atoms with Crippen molar-refractivity contribution in [3.05, 3.63) is 70.5 Å². The summed E-state index contributed by atoms with van der Waals surface area (Å²) in [5.41, 5.74) is -2.74. The van der Waals surface area contributed by atoms with Gasteiger partial charge in [0.15, 0.2) is 6.29 Å². The first-order chi connectivity index (χ1) is 15.4. The molecule has 1 aliphatic heterocycles. The maximum atomic E-state index is 13.4. The lowest BCUT2D eigenvalue weighted by Crippen LogP contribution is -2.47. The molecule has 1 fully saturated rings. The first kappa shape index (κ1) is 25.1. The van der Waals surface area contributed by atoms with Crippen LogP contribution in [0.1, 0.15) is 41.3 Å².